The number of fused-ring (bicyclic) bond motifs is 2. The van der Waals surface area contributed by atoms with Crippen LogP contribution in [0.2, 0.25) is 0 Å². The second-order valence-electron chi connectivity index (χ2n) is 21.4. The molecule has 4 aromatic carbocycles. The number of carbonyl (C=O) groups excluding carboxylic acids is 4. The smallest absolute Gasteiger partial charge is 0.416 e. The number of anilines is 2. The number of benzene rings is 4. The molecule has 14 nitrogen and oxygen atoms in total. The number of carboxylic acid groups (broad SMARTS) is 1. The predicted molar refractivity (Wildman–Crippen MR) is 274 cm³/mol. The van der Waals surface area contributed by atoms with E-state index in [4.69, 9.17) is 24.1 Å². The molecule has 2 fully saturated rings. The van der Waals surface area contributed by atoms with E-state index in [0.29, 0.717) is 65.4 Å². The Morgan fingerprint density at radius 2 is 1.16 bits per heavy atom. The van der Waals surface area contributed by atoms with Crippen LogP contribution in [0.15, 0.2) is 72.8 Å². The number of halogens is 6. The zero-order valence-corrected chi connectivity index (χ0v) is 44.2. The Morgan fingerprint density at radius 3 is 1.58 bits per heavy atom. The number of carboxylic acids is 1. The van der Waals surface area contributed by atoms with Crippen LogP contribution < -0.4 is 24.6 Å². The molecule has 416 valence electrons. The minimum absolute atomic E-state index is 0.00893. The number of aliphatic carboxylic acids is 1. The van der Waals surface area contributed by atoms with Crippen LogP contribution in [0.5, 0.6) is 11.5 Å². The number of hydrogen-bond donors (Lipinski definition) is 2. The second-order valence-corrected chi connectivity index (χ2v) is 21.4. The molecule has 2 N–H and O–H groups in total. The Hall–Kier alpha value is -6.83. The van der Waals surface area contributed by atoms with E-state index in [0.717, 1.165) is 42.5 Å². The SMILES string of the molecule is CC1(c2ccc(COc3ccc4c(c3)CCN4C(=O)CNCCC(=O)O)cc2C(F)(F)F)CC1.CCOC(=O)CCN(CC(=O)N1CCc2cc(OCc3ccc(C4(C)CC4)c(C(F)(F)F)c3)ccc21)C(=O)OC(C)(C)C. The van der Waals surface area contributed by atoms with Gasteiger partial charge >= 0.3 is 30.4 Å². The minimum Gasteiger partial charge on any atom is -0.489 e. The van der Waals surface area contributed by atoms with Crippen LogP contribution in [0.3, 0.4) is 0 Å². The van der Waals surface area contributed by atoms with Crippen LogP contribution in [-0.2, 0) is 77.9 Å². The number of nitrogens with one attached hydrogen (secondary N) is 1. The largest absolute Gasteiger partial charge is 0.489 e. The molecule has 0 radical (unpaired) electrons. The summed E-state index contributed by atoms with van der Waals surface area (Å²) in [7, 11) is 0. The summed E-state index contributed by atoms with van der Waals surface area (Å²) in [5.41, 5.74) is 1.94. The summed E-state index contributed by atoms with van der Waals surface area (Å²) < 4.78 is 104. The van der Waals surface area contributed by atoms with Gasteiger partial charge in [-0.05, 0) is 159 Å². The van der Waals surface area contributed by atoms with Gasteiger partial charge in [0.05, 0.1) is 37.1 Å². The minimum atomic E-state index is -4.45. The highest BCUT2D eigenvalue weighted by atomic mass is 19.4. The zero-order valence-electron chi connectivity index (χ0n) is 44.2. The van der Waals surface area contributed by atoms with Crippen LogP contribution >= 0.6 is 0 Å². The summed E-state index contributed by atoms with van der Waals surface area (Å²) in [5, 5.41) is 11.5. The number of amides is 3. The maximum Gasteiger partial charge on any atom is 0.416 e. The summed E-state index contributed by atoms with van der Waals surface area (Å²) in [4.78, 5) is 65.4. The first kappa shape index (κ1) is 57.9. The van der Waals surface area contributed by atoms with Crippen LogP contribution in [0.25, 0.3) is 0 Å². The van der Waals surface area contributed by atoms with E-state index < -0.39 is 52.5 Å². The highest BCUT2D eigenvalue weighted by Crippen LogP contribution is 2.53. The van der Waals surface area contributed by atoms with E-state index in [1.54, 1.807) is 92.1 Å². The molecule has 4 aliphatic rings. The van der Waals surface area contributed by atoms with E-state index in [-0.39, 0.29) is 76.1 Å². The van der Waals surface area contributed by atoms with Crippen LogP contribution in [0.4, 0.5) is 42.5 Å². The van der Waals surface area contributed by atoms with E-state index in [9.17, 15) is 50.3 Å². The van der Waals surface area contributed by atoms with Crippen molar-refractivity contribution in [1.29, 1.82) is 0 Å². The van der Waals surface area contributed by atoms with Crippen molar-refractivity contribution < 1.29 is 74.4 Å². The van der Waals surface area contributed by atoms with E-state index >= 15 is 0 Å². The molecule has 4 aromatic rings. The lowest BCUT2D eigenvalue weighted by Gasteiger charge is -2.28. The molecule has 0 aromatic heterocycles. The van der Waals surface area contributed by atoms with Crippen molar-refractivity contribution in [3.8, 4) is 11.5 Å². The fraction of sp³-hybridized carbons (Fsp3) is 0.491. The number of hydrogen-bond acceptors (Lipinski definition) is 10. The molecule has 0 bridgehead atoms. The van der Waals surface area contributed by atoms with Gasteiger partial charge in [-0.3, -0.25) is 24.1 Å². The van der Waals surface area contributed by atoms with Crippen molar-refractivity contribution in [2.75, 3.05) is 55.7 Å². The molecule has 20 heteroatoms. The Bertz CT molecular complexity index is 2840. The third-order valence-electron chi connectivity index (χ3n) is 14.0. The first-order valence-corrected chi connectivity index (χ1v) is 25.8. The predicted octanol–water partition coefficient (Wildman–Crippen LogP) is 10.7. The quantitative estimate of drug-likeness (QED) is 0.0522. The van der Waals surface area contributed by atoms with Gasteiger partial charge in [0.1, 0.15) is 36.9 Å². The third-order valence-corrected chi connectivity index (χ3v) is 14.0. The van der Waals surface area contributed by atoms with E-state index in [1.165, 1.54) is 17.0 Å². The lowest BCUT2D eigenvalue weighted by Crippen LogP contribution is -2.45. The lowest BCUT2D eigenvalue weighted by atomic mass is 9.91. The van der Waals surface area contributed by atoms with E-state index in [1.807, 2.05) is 19.9 Å². The Kier molecular flexibility index (Phi) is 17.6. The maximum absolute atomic E-state index is 13.8. The van der Waals surface area contributed by atoms with Gasteiger partial charge in [0.15, 0.2) is 0 Å². The van der Waals surface area contributed by atoms with Crippen LogP contribution in [-0.4, -0.2) is 91.3 Å². The Morgan fingerprint density at radius 1 is 0.675 bits per heavy atom. The molecule has 77 heavy (non-hydrogen) atoms. The molecule has 0 spiro atoms. The average molecular weight is 1080 g/mol. The topological polar surface area (TPSA) is 164 Å². The van der Waals surface area contributed by atoms with Crippen molar-refractivity contribution in [2.45, 2.75) is 135 Å². The number of rotatable bonds is 19. The molecular formula is C57H66F6N4O10. The first-order valence-electron chi connectivity index (χ1n) is 25.8. The van der Waals surface area contributed by atoms with Gasteiger partial charge in [0.2, 0.25) is 11.8 Å². The van der Waals surface area contributed by atoms with Crippen molar-refractivity contribution in [3.63, 3.8) is 0 Å². The summed E-state index contributed by atoms with van der Waals surface area (Å²) in [6.07, 6.45) is -5.51. The van der Waals surface area contributed by atoms with Gasteiger partial charge < -0.3 is 39.2 Å². The summed E-state index contributed by atoms with van der Waals surface area (Å²) >= 11 is 0. The molecule has 2 heterocycles. The molecule has 2 aliphatic heterocycles. The van der Waals surface area contributed by atoms with Gasteiger partial charge in [-0.25, -0.2) is 4.79 Å². The number of esters is 1. The second kappa shape index (κ2) is 23.4. The highest BCUT2D eigenvalue weighted by Gasteiger charge is 2.47. The number of ether oxygens (including phenoxy) is 4. The third kappa shape index (κ3) is 15.2. The fourth-order valence-electron chi connectivity index (χ4n) is 9.34. The zero-order chi connectivity index (χ0) is 56.1. The van der Waals surface area contributed by atoms with Gasteiger partial charge in [-0.2, -0.15) is 26.3 Å². The molecular weight excluding hydrogens is 1010 g/mol. The molecule has 2 aliphatic carbocycles. The normalized spacial score (nSPS) is 15.8. The highest BCUT2D eigenvalue weighted by molar-refractivity contribution is 5.98. The van der Waals surface area contributed by atoms with Crippen LogP contribution in [0, 0.1) is 0 Å². The van der Waals surface area contributed by atoms with E-state index in [2.05, 4.69) is 5.32 Å². The summed E-state index contributed by atoms with van der Waals surface area (Å²) in [6, 6.07) is 19.3. The van der Waals surface area contributed by atoms with Crippen molar-refractivity contribution >= 4 is 41.2 Å². The van der Waals surface area contributed by atoms with Gasteiger partial charge in [0.25, 0.3) is 0 Å². The summed E-state index contributed by atoms with van der Waals surface area (Å²) in [5.74, 6) is -0.899. The van der Waals surface area contributed by atoms with Gasteiger partial charge in [0, 0.05) is 37.6 Å². The molecule has 8 rings (SSSR count). The fourth-order valence-corrected chi connectivity index (χ4v) is 9.34. The van der Waals surface area contributed by atoms with Crippen LogP contribution in [0.1, 0.15) is 125 Å². The molecule has 0 unspecified atom stereocenters. The Labute approximate surface area is 444 Å². The molecule has 0 saturated heterocycles. The summed E-state index contributed by atoms with van der Waals surface area (Å²) in [6.45, 7) is 11.5. The monoisotopic (exact) mass is 1080 g/mol. The molecule has 3 amide bonds. The number of carbonyl (C=O) groups is 5. The lowest BCUT2D eigenvalue weighted by molar-refractivity contribution is -0.143. The molecule has 0 atom stereocenters. The van der Waals surface area contributed by atoms with Gasteiger partial charge in [-0.1, -0.05) is 38.1 Å². The average Bonchev–Trinajstić information content (AvgIpc) is 4.27. The first-order chi connectivity index (χ1) is 36.2. The van der Waals surface area contributed by atoms with Crippen molar-refractivity contribution in [2.24, 2.45) is 0 Å². The number of alkyl halides is 6. The Balaban J connectivity index is 0.000000230. The standard InChI is InChI=1S/C32H39F3N2O6.C25H27F3N2O4/c1-6-41-28(39)12-15-36(29(40)43-30(2,3)4)19-27(38)37-16-11-22-18-23(8-10-26(22)37)42-20-21-7-9-24(31(5)13-14-31)25(17-21)32(33,34)35;1-24(8-9-24)19-4-2-16(12-20(19)25(26,27)28)15-34-18-3-5-21-17(13-18)7-11-30(21)22(31)14-29-10-6-23(32)33/h7-10,17-18H,6,11-16,19-20H2,1-5H3;2-5,12-13,29H,6-11,14-15H2,1H3,(H,32,33). The maximum atomic E-state index is 13.8. The number of nitrogens with zero attached hydrogens (tertiary/aromatic N) is 3. The van der Waals surface area contributed by atoms with Crippen molar-refractivity contribution in [1.82, 2.24) is 10.2 Å². The van der Waals surface area contributed by atoms with Gasteiger partial charge in [-0.15, -0.1) is 0 Å². The van der Waals surface area contributed by atoms with Crippen molar-refractivity contribution in [3.05, 3.63) is 117 Å². The molecule has 2 saturated carbocycles.